The number of pyridine rings is 1. The molecule has 0 fully saturated rings. The summed E-state index contributed by atoms with van der Waals surface area (Å²) in [5.41, 5.74) is 3.46. The van der Waals surface area contributed by atoms with Gasteiger partial charge in [0.25, 0.3) is 0 Å². The Morgan fingerprint density at radius 3 is 2.45 bits per heavy atom. The summed E-state index contributed by atoms with van der Waals surface area (Å²) in [7, 11) is 5.70. The SMILES string of the molecule is COCc1ccc(CNc2cccnc2N(C)C)cc1. The number of hydrogen-bond donors (Lipinski definition) is 1. The first kappa shape index (κ1) is 14.3. The molecule has 0 atom stereocenters. The monoisotopic (exact) mass is 271 g/mol. The fourth-order valence-corrected chi connectivity index (χ4v) is 2.01. The van der Waals surface area contributed by atoms with E-state index in [1.807, 2.05) is 31.1 Å². The minimum atomic E-state index is 0.654. The fraction of sp³-hybridized carbons (Fsp3) is 0.312. The lowest BCUT2D eigenvalue weighted by Crippen LogP contribution is -2.13. The van der Waals surface area contributed by atoms with E-state index in [0.717, 1.165) is 18.1 Å². The van der Waals surface area contributed by atoms with Crippen LogP contribution in [0.5, 0.6) is 0 Å². The van der Waals surface area contributed by atoms with Gasteiger partial charge >= 0.3 is 0 Å². The number of rotatable bonds is 6. The van der Waals surface area contributed by atoms with Gasteiger partial charge in [0.15, 0.2) is 5.82 Å². The summed E-state index contributed by atoms with van der Waals surface area (Å²) in [5.74, 6) is 0.948. The third-order valence-electron chi connectivity index (χ3n) is 3.03. The van der Waals surface area contributed by atoms with Gasteiger partial charge in [-0.2, -0.15) is 0 Å². The maximum atomic E-state index is 5.11. The van der Waals surface area contributed by atoms with Crippen molar-refractivity contribution in [1.29, 1.82) is 0 Å². The Morgan fingerprint density at radius 1 is 1.10 bits per heavy atom. The standard InChI is InChI=1S/C16H21N3O/c1-19(2)16-15(5-4-10-17-16)18-11-13-6-8-14(9-7-13)12-20-3/h4-10,18H,11-12H2,1-3H3. The van der Waals surface area contributed by atoms with Crippen molar-refractivity contribution < 1.29 is 4.74 Å². The van der Waals surface area contributed by atoms with Crippen LogP contribution in [0.4, 0.5) is 11.5 Å². The minimum absolute atomic E-state index is 0.654. The molecule has 0 spiro atoms. The van der Waals surface area contributed by atoms with Crippen molar-refractivity contribution in [2.75, 3.05) is 31.4 Å². The Bertz CT molecular complexity index is 538. The molecule has 4 nitrogen and oxygen atoms in total. The summed E-state index contributed by atoms with van der Waals surface area (Å²) >= 11 is 0. The Labute approximate surface area is 120 Å². The highest BCUT2D eigenvalue weighted by molar-refractivity contribution is 5.64. The number of hydrogen-bond acceptors (Lipinski definition) is 4. The molecule has 0 radical (unpaired) electrons. The van der Waals surface area contributed by atoms with E-state index in [2.05, 4.69) is 34.6 Å². The highest BCUT2D eigenvalue weighted by atomic mass is 16.5. The predicted octanol–water partition coefficient (Wildman–Crippen LogP) is 2.91. The van der Waals surface area contributed by atoms with Crippen LogP contribution in [-0.2, 0) is 17.9 Å². The molecule has 0 saturated heterocycles. The molecule has 0 saturated carbocycles. The van der Waals surface area contributed by atoms with Crippen LogP contribution in [0.1, 0.15) is 11.1 Å². The molecule has 20 heavy (non-hydrogen) atoms. The average molecular weight is 271 g/mol. The molecule has 0 unspecified atom stereocenters. The Hall–Kier alpha value is -2.07. The van der Waals surface area contributed by atoms with E-state index in [1.54, 1.807) is 13.3 Å². The van der Waals surface area contributed by atoms with Crippen molar-refractivity contribution in [2.24, 2.45) is 0 Å². The second-order valence-electron chi connectivity index (χ2n) is 4.87. The van der Waals surface area contributed by atoms with Crippen LogP contribution in [-0.4, -0.2) is 26.2 Å². The van der Waals surface area contributed by atoms with E-state index in [4.69, 9.17) is 4.74 Å². The van der Waals surface area contributed by atoms with Gasteiger partial charge in [0.1, 0.15) is 0 Å². The number of anilines is 2. The molecule has 1 aromatic heterocycles. The number of nitrogens with one attached hydrogen (secondary N) is 1. The number of methoxy groups -OCH3 is 1. The van der Waals surface area contributed by atoms with Crippen LogP contribution in [0.3, 0.4) is 0 Å². The highest BCUT2D eigenvalue weighted by Crippen LogP contribution is 2.21. The van der Waals surface area contributed by atoms with Gasteiger partial charge in [-0.25, -0.2) is 4.98 Å². The van der Waals surface area contributed by atoms with Crippen LogP contribution < -0.4 is 10.2 Å². The summed E-state index contributed by atoms with van der Waals surface area (Å²) in [6.07, 6.45) is 1.81. The van der Waals surface area contributed by atoms with Crippen molar-refractivity contribution >= 4 is 11.5 Å². The Kier molecular flexibility index (Phi) is 4.96. The first-order valence-corrected chi connectivity index (χ1v) is 6.63. The molecule has 1 N–H and O–H groups in total. The largest absolute Gasteiger partial charge is 0.380 e. The van der Waals surface area contributed by atoms with Gasteiger partial charge < -0.3 is 15.0 Å². The number of benzene rings is 1. The van der Waals surface area contributed by atoms with Crippen LogP contribution in [0.15, 0.2) is 42.6 Å². The van der Waals surface area contributed by atoms with E-state index in [-0.39, 0.29) is 0 Å². The molecule has 2 aromatic rings. The summed E-state index contributed by atoms with van der Waals surface area (Å²) < 4.78 is 5.11. The maximum Gasteiger partial charge on any atom is 0.151 e. The van der Waals surface area contributed by atoms with Gasteiger partial charge in [-0.15, -0.1) is 0 Å². The second-order valence-corrected chi connectivity index (χ2v) is 4.87. The third-order valence-corrected chi connectivity index (χ3v) is 3.03. The summed E-state index contributed by atoms with van der Waals surface area (Å²) in [5, 5.41) is 3.43. The van der Waals surface area contributed by atoms with Crippen LogP contribution in [0.2, 0.25) is 0 Å². The lowest BCUT2D eigenvalue weighted by molar-refractivity contribution is 0.185. The molecular weight excluding hydrogens is 250 g/mol. The van der Waals surface area contributed by atoms with E-state index < -0.39 is 0 Å². The predicted molar refractivity (Wildman–Crippen MR) is 83.0 cm³/mol. The zero-order valence-electron chi connectivity index (χ0n) is 12.3. The van der Waals surface area contributed by atoms with Gasteiger partial charge in [0.05, 0.1) is 12.3 Å². The van der Waals surface area contributed by atoms with Crippen molar-refractivity contribution in [1.82, 2.24) is 4.98 Å². The molecule has 1 aromatic carbocycles. The number of ether oxygens (including phenoxy) is 1. The van der Waals surface area contributed by atoms with Gasteiger partial charge in [-0.1, -0.05) is 24.3 Å². The normalized spacial score (nSPS) is 10.3. The molecule has 1 heterocycles. The van der Waals surface area contributed by atoms with Crippen molar-refractivity contribution in [3.8, 4) is 0 Å². The fourth-order valence-electron chi connectivity index (χ4n) is 2.01. The lowest BCUT2D eigenvalue weighted by atomic mass is 10.1. The molecule has 106 valence electrons. The lowest BCUT2D eigenvalue weighted by Gasteiger charge is -2.17. The van der Waals surface area contributed by atoms with Gasteiger partial charge in [0.2, 0.25) is 0 Å². The Balaban J connectivity index is 2.01. The molecule has 0 bridgehead atoms. The summed E-state index contributed by atoms with van der Waals surface area (Å²) in [6, 6.07) is 12.4. The first-order valence-electron chi connectivity index (χ1n) is 6.63. The van der Waals surface area contributed by atoms with Crippen molar-refractivity contribution in [2.45, 2.75) is 13.2 Å². The molecule has 0 amide bonds. The van der Waals surface area contributed by atoms with Gasteiger partial charge in [0, 0.05) is 33.9 Å². The van der Waals surface area contributed by atoms with Crippen molar-refractivity contribution in [3.63, 3.8) is 0 Å². The van der Waals surface area contributed by atoms with E-state index in [1.165, 1.54) is 11.1 Å². The van der Waals surface area contributed by atoms with Crippen LogP contribution in [0.25, 0.3) is 0 Å². The van der Waals surface area contributed by atoms with Crippen molar-refractivity contribution in [3.05, 3.63) is 53.7 Å². The van der Waals surface area contributed by atoms with E-state index in [9.17, 15) is 0 Å². The molecule has 0 aliphatic carbocycles. The molecule has 4 heteroatoms. The quantitative estimate of drug-likeness (QED) is 0.876. The van der Waals surface area contributed by atoms with E-state index in [0.29, 0.717) is 6.61 Å². The van der Waals surface area contributed by atoms with Gasteiger partial charge in [-0.05, 0) is 23.3 Å². The second kappa shape index (κ2) is 6.91. The molecule has 0 aliphatic heterocycles. The number of aromatic nitrogens is 1. The molecule has 0 aliphatic rings. The smallest absolute Gasteiger partial charge is 0.151 e. The summed E-state index contributed by atoms with van der Waals surface area (Å²) in [6.45, 7) is 1.43. The molecular formula is C16H21N3O. The zero-order valence-corrected chi connectivity index (χ0v) is 12.3. The Morgan fingerprint density at radius 2 is 1.80 bits per heavy atom. The highest BCUT2D eigenvalue weighted by Gasteiger charge is 2.04. The summed E-state index contributed by atoms with van der Waals surface area (Å²) in [4.78, 5) is 6.38. The zero-order chi connectivity index (χ0) is 14.4. The molecule has 2 rings (SSSR count). The topological polar surface area (TPSA) is 37.4 Å². The number of nitrogens with zero attached hydrogens (tertiary/aromatic N) is 2. The average Bonchev–Trinajstić information content (AvgIpc) is 2.47. The minimum Gasteiger partial charge on any atom is -0.380 e. The van der Waals surface area contributed by atoms with Crippen LogP contribution >= 0.6 is 0 Å². The maximum absolute atomic E-state index is 5.11. The first-order chi connectivity index (χ1) is 9.70. The van der Waals surface area contributed by atoms with Crippen LogP contribution in [0, 0.1) is 0 Å². The van der Waals surface area contributed by atoms with Gasteiger partial charge in [-0.3, -0.25) is 0 Å². The third kappa shape index (κ3) is 3.71. The van der Waals surface area contributed by atoms with E-state index >= 15 is 0 Å².